The highest BCUT2D eigenvalue weighted by atomic mass is 16.2. The van der Waals surface area contributed by atoms with E-state index in [1.54, 1.807) is 13.8 Å². The Morgan fingerprint density at radius 1 is 1.17 bits per heavy atom. The molecule has 70 valence electrons. The first-order valence-corrected chi connectivity index (χ1v) is 4.27. The normalized spacial score (nSPS) is 10.5. The summed E-state index contributed by atoms with van der Waals surface area (Å²) in [5, 5.41) is 2.33. The Labute approximate surface area is 73.5 Å². The molecular weight excluding hydrogens is 154 g/mol. The standard InChI is InChI=1S/C9H17NO2/c1-6(2)5-8(11)10-9(12)7(3)4/h6-7H,5H2,1-4H3,(H,10,11,12). The molecule has 0 spiro atoms. The Balaban J connectivity index is 3.77. The molecule has 0 fully saturated rings. The highest BCUT2D eigenvalue weighted by Crippen LogP contribution is 1.99. The van der Waals surface area contributed by atoms with Gasteiger partial charge in [0.05, 0.1) is 0 Å². The predicted molar refractivity (Wildman–Crippen MR) is 47.4 cm³/mol. The summed E-state index contributed by atoms with van der Waals surface area (Å²) in [7, 11) is 0. The summed E-state index contributed by atoms with van der Waals surface area (Å²) in [4.78, 5) is 22.0. The Bertz CT molecular complexity index is 173. The second-order valence-electron chi connectivity index (χ2n) is 3.67. The number of carbonyl (C=O) groups is 2. The van der Waals surface area contributed by atoms with E-state index in [9.17, 15) is 9.59 Å². The minimum absolute atomic E-state index is 0.124. The molecule has 0 aliphatic heterocycles. The Morgan fingerprint density at radius 3 is 2.00 bits per heavy atom. The van der Waals surface area contributed by atoms with Crippen LogP contribution in [0.25, 0.3) is 0 Å². The highest BCUT2D eigenvalue weighted by molar-refractivity contribution is 5.95. The minimum atomic E-state index is -0.194. The molecule has 0 bridgehead atoms. The summed E-state index contributed by atoms with van der Waals surface area (Å²) in [6, 6.07) is 0. The van der Waals surface area contributed by atoms with Crippen molar-refractivity contribution in [1.29, 1.82) is 0 Å². The van der Waals surface area contributed by atoms with E-state index in [1.807, 2.05) is 13.8 Å². The fourth-order valence-electron chi connectivity index (χ4n) is 0.704. The van der Waals surface area contributed by atoms with Crippen LogP contribution in [0.1, 0.15) is 34.1 Å². The quantitative estimate of drug-likeness (QED) is 0.696. The molecule has 1 N–H and O–H groups in total. The van der Waals surface area contributed by atoms with Crippen LogP contribution in [0.5, 0.6) is 0 Å². The zero-order valence-corrected chi connectivity index (χ0v) is 8.18. The van der Waals surface area contributed by atoms with Gasteiger partial charge in [-0.3, -0.25) is 14.9 Å². The summed E-state index contributed by atoms with van der Waals surface area (Å²) in [6.45, 7) is 7.41. The van der Waals surface area contributed by atoms with Crippen molar-refractivity contribution in [3.8, 4) is 0 Å². The van der Waals surface area contributed by atoms with Crippen molar-refractivity contribution >= 4 is 11.8 Å². The van der Waals surface area contributed by atoms with Crippen molar-refractivity contribution in [2.75, 3.05) is 0 Å². The van der Waals surface area contributed by atoms with Crippen molar-refractivity contribution in [2.24, 2.45) is 11.8 Å². The molecule has 0 aromatic rings. The highest BCUT2D eigenvalue weighted by Gasteiger charge is 2.11. The van der Waals surface area contributed by atoms with Crippen LogP contribution in [0.4, 0.5) is 0 Å². The number of carbonyl (C=O) groups excluding carboxylic acids is 2. The van der Waals surface area contributed by atoms with E-state index in [-0.39, 0.29) is 17.7 Å². The van der Waals surface area contributed by atoms with Crippen LogP contribution in [0.2, 0.25) is 0 Å². The molecule has 3 heteroatoms. The van der Waals surface area contributed by atoms with Crippen molar-refractivity contribution in [3.05, 3.63) is 0 Å². The molecule has 12 heavy (non-hydrogen) atoms. The molecule has 0 saturated carbocycles. The zero-order chi connectivity index (χ0) is 9.72. The van der Waals surface area contributed by atoms with E-state index in [2.05, 4.69) is 5.32 Å². The minimum Gasteiger partial charge on any atom is -0.296 e. The molecule has 0 radical (unpaired) electrons. The van der Waals surface area contributed by atoms with Crippen LogP contribution in [0.15, 0.2) is 0 Å². The molecule has 0 atom stereocenters. The summed E-state index contributed by atoms with van der Waals surface area (Å²) in [6.07, 6.45) is 0.415. The van der Waals surface area contributed by atoms with Gasteiger partial charge in [0, 0.05) is 12.3 Å². The number of imide groups is 1. The zero-order valence-electron chi connectivity index (χ0n) is 8.18. The van der Waals surface area contributed by atoms with Gasteiger partial charge in [-0.1, -0.05) is 27.7 Å². The molecule has 0 saturated heterocycles. The van der Waals surface area contributed by atoms with Crippen LogP contribution in [-0.2, 0) is 9.59 Å². The molecule has 0 unspecified atom stereocenters. The maximum atomic E-state index is 11.0. The smallest absolute Gasteiger partial charge is 0.229 e. The maximum absolute atomic E-state index is 11.0. The van der Waals surface area contributed by atoms with Crippen molar-refractivity contribution < 1.29 is 9.59 Å². The Hall–Kier alpha value is -0.860. The second-order valence-corrected chi connectivity index (χ2v) is 3.67. The molecule has 0 heterocycles. The molecule has 0 aromatic carbocycles. The third-order valence-corrected chi connectivity index (χ3v) is 1.38. The molecule has 2 amide bonds. The van der Waals surface area contributed by atoms with Crippen LogP contribution in [0, 0.1) is 11.8 Å². The van der Waals surface area contributed by atoms with Gasteiger partial charge in [0.25, 0.3) is 0 Å². The van der Waals surface area contributed by atoms with E-state index in [0.717, 1.165) is 0 Å². The monoisotopic (exact) mass is 171 g/mol. The molecule has 0 aromatic heterocycles. The number of rotatable bonds is 3. The molecule has 3 nitrogen and oxygen atoms in total. The van der Waals surface area contributed by atoms with Crippen LogP contribution >= 0.6 is 0 Å². The van der Waals surface area contributed by atoms with E-state index in [0.29, 0.717) is 12.3 Å². The van der Waals surface area contributed by atoms with Gasteiger partial charge >= 0.3 is 0 Å². The third kappa shape index (κ3) is 4.88. The summed E-state index contributed by atoms with van der Waals surface area (Å²) in [5.41, 5.74) is 0. The van der Waals surface area contributed by atoms with Crippen molar-refractivity contribution in [3.63, 3.8) is 0 Å². The van der Waals surface area contributed by atoms with Gasteiger partial charge in [0.15, 0.2) is 0 Å². The maximum Gasteiger partial charge on any atom is 0.229 e. The summed E-state index contributed by atoms with van der Waals surface area (Å²) < 4.78 is 0. The molecule has 0 aliphatic rings. The van der Waals surface area contributed by atoms with Crippen LogP contribution in [-0.4, -0.2) is 11.8 Å². The van der Waals surface area contributed by atoms with Gasteiger partial charge in [-0.05, 0) is 5.92 Å². The van der Waals surface area contributed by atoms with E-state index >= 15 is 0 Å². The molecule has 0 rings (SSSR count). The average molecular weight is 171 g/mol. The van der Waals surface area contributed by atoms with E-state index in [1.165, 1.54) is 0 Å². The van der Waals surface area contributed by atoms with Crippen molar-refractivity contribution in [2.45, 2.75) is 34.1 Å². The van der Waals surface area contributed by atoms with Gasteiger partial charge in [0.1, 0.15) is 0 Å². The topological polar surface area (TPSA) is 46.2 Å². The van der Waals surface area contributed by atoms with Gasteiger partial charge < -0.3 is 0 Å². The average Bonchev–Trinajstić information content (AvgIpc) is 1.84. The van der Waals surface area contributed by atoms with Gasteiger partial charge in [0.2, 0.25) is 11.8 Å². The second kappa shape index (κ2) is 4.91. The Morgan fingerprint density at radius 2 is 1.67 bits per heavy atom. The van der Waals surface area contributed by atoms with E-state index in [4.69, 9.17) is 0 Å². The molecular formula is C9H17NO2. The number of hydrogen-bond donors (Lipinski definition) is 1. The van der Waals surface area contributed by atoms with Crippen LogP contribution < -0.4 is 5.32 Å². The summed E-state index contributed by atoms with van der Waals surface area (Å²) in [5.74, 6) is -0.199. The van der Waals surface area contributed by atoms with Crippen LogP contribution in [0.3, 0.4) is 0 Å². The SMILES string of the molecule is CC(C)CC(=O)NC(=O)C(C)C. The van der Waals surface area contributed by atoms with Gasteiger partial charge in [-0.2, -0.15) is 0 Å². The Kier molecular flexibility index (Phi) is 4.55. The lowest BCUT2D eigenvalue weighted by molar-refractivity contribution is -0.132. The lowest BCUT2D eigenvalue weighted by Gasteiger charge is -2.07. The molecule has 0 aliphatic carbocycles. The lowest BCUT2D eigenvalue weighted by atomic mass is 10.1. The lowest BCUT2D eigenvalue weighted by Crippen LogP contribution is -2.34. The fourth-order valence-corrected chi connectivity index (χ4v) is 0.704. The van der Waals surface area contributed by atoms with E-state index < -0.39 is 0 Å². The fraction of sp³-hybridized carbons (Fsp3) is 0.778. The first kappa shape index (κ1) is 11.1. The van der Waals surface area contributed by atoms with Gasteiger partial charge in [-0.15, -0.1) is 0 Å². The predicted octanol–water partition coefficient (Wildman–Crippen LogP) is 1.33. The first-order chi connectivity index (χ1) is 5.43. The third-order valence-electron chi connectivity index (χ3n) is 1.38. The number of hydrogen-bond acceptors (Lipinski definition) is 2. The number of amides is 2. The number of nitrogens with one attached hydrogen (secondary N) is 1. The van der Waals surface area contributed by atoms with Crippen molar-refractivity contribution in [1.82, 2.24) is 5.32 Å². The largest absolute Gasteiger partial charge is 0.296 e. The van der Waals surface area contributed by atoms with Gasteiger partial charge in [-0.25, -0.2) is 0 Å². The summed E-state index contributed by atoms with van der Waals surface area (Å²) >= 11 is 0. The first-order valence-electron chi connectivity index (χ1n) is 4.27.